The first kappa shape index (κ1) is 16.3. The molecule has 1 amide bonds. The number of nitriles is 1. The molecule has 0 spiro atoms. The van der Waals surface area contributed by atoms with Gasteiger partial charge in [0.25, 0.3) is 5.91 Å². The predicted octanol–water partition coefficient (Wildman–Crippen LogP) is 3.80. The van der Waals surface area contributed by atoms with Crippen LogP contribution in [0, 0.1) is 11.3 Å². The second kappa shape index (κ2) is 7.81. The molecule has 4 heteroatoms. The van der Waals surface area contributed by atoms with Gasteiger partial charge in [-0.15, -0.1) is 0 Å². The molecule has 0 aliphatic heterocycles. The molecule has 0 saturated heterocycles. The van der Waals surface area contributed by atoms with Crippen molar-refractivity contribution in [2.45, 2.75) is 13.3 Å². The first-order valence-corrected chi connectivity index (χ1v) is 7.32. The van der Waals surface area contributed by atoms with Crippen LogP contribution in [0.1, 0.15) is 18.1 Å². The SMILES string of the molecule is CCc1ccc(NC(=O)/C(C#N)=C\c2ccc(OC)cc2)cc1. The van der Waals surface area contributed by atoms with Crippen molar-refractivity contribution in [3.05, 3.63) is 65.2 Å². The van der Waals surface area contributed by atoms with Crippen LogP contribution >= 0.6 is 0 Å². The minimum atomic E-state index is -0.424. The number of hydrogen-bond acceptors (Lipinski definition) is 3. The van der Waals surface area contributed by atoms with Crippen molar-refractivity contribution in [1.29, 1.82) is 5.26 Å². The van der Waals surface area contributed by atoms with Gasteiger partial charge in [0.1, 0.15) is 17.4 Å². The Morgan fingerprint density at radius 1 is 1.17 bits per heavy atom. The second-order valence-corrected chi connectivity index (χ2v) is 4.95. The van der Waals surface area contributed by atoms with Gasteiger partial charge in [-0.05, 0) is 47.9 Å². The lowest BCUT2D eigenvalue weighted by Crippen LogP contribution is -2.13. The van der Waals surface area contributed by atoms with Gasteiger partial charge in [-0.2, -0.15) is 5.26 Å². The van der Waals surface area contributed by atoms with E-state index in [-0.39, 0.29) is 5.57 Å². The summed E-state index contributed by atoms with van der Waals surface area (Å²) in [5.74, 6) is 0.300. The number of amides is 1. The predicted molar refractivity (Wildman–Crippen MR) is 91.0 cm³/mol. The fourth-order valence-electron chi connectivity index (χ4n) is 2.04. The van der Waals surface area contributed by atoms with Gasteiger partial charge in [0, 0.05) is 5.69 Å². The molecule has 0 radical (unpaired) electrons. The van der Waals surface area contributed by atoms with Crippen molar-refractivity contribution < 1.29 is 9.53 Å². The van der Waals surface area contributed by atoms with Gasteiger partial charge in [0.2, 0.25) is 0 Å². The Morgan fingerprint density at radius 2 is 1.83 bits per heavy atom. The van der Waals surface area contributed by atoms with Crippen LogP contribution < -0.4 is 10.1 Å². The second-order valence-electron chi connectivity index (χ2n) is 4.95. The molecular formula is C19H18N2O2. The number of rotatable bonds is 5. The fraction of sp³-hybridized carbons (Fsp3) is 0.158. The highest BCUT2D eigenvalue weighted by Crippen LogP contribution is 2.15. The zero-order valence-electron chi connectivity index (χ0n) is 13.2. The van der Waals surface area contributed by atoms with Crippen molar-refractivity contribution in [2.24, 2.45) is 0 Å². The number of carbonyl (C=O) groups is 1. The lowest BCUT2D eigenvalue weighted by atomic mass is 10.1. The third kappa shape index (κ3) is 4.45. The fourth-order valence-corrected chi connectivity index (χ4v) is 2.04. The maximum absolute atomic E-state index is 12.2. The van der Waals surface area contributed by atoms with E-state index in [1.165, 1.54) is 5.56 Å². The van der Waals surface area contributed by atoms with E-state index in [2.05, 4.69) is 12.2 Å². The molecule has 1 N–H and O–H groups in total. The van der Waals surface area contributed by atoms with E-state index in [1.807, 2.05) is 30.3 Å². The molecule has 0 fully saturated rings. The first-order valence-electron chi connectivity index (χ1n) is 7.32. The van der Waals surface area contributed by atoms with Crippen LogP contribution in [-0.4, -0.2) is 13.0 Å². The van der Waals surface area contributed by atoms with E-state index in [4.69, 9.17) is 4.74 Å². The number of anilines is 1. The number of carbonyl (C=O) groups excluding carboxylic acids is 1. The zero-order valence-corrected chi connectivity index (χ0v) is 13.2. The summed E-state index contributed by atoms with van der Waals surface area (Å²) in [4.78, 5) is 12.2. The maximum Gasteiger partial charge on any atom is 0.266 e. The topological polar surface area (TPSA) is 62.1 Å². The summed E-state index contributed by atoms with van der Waals surface area (Å²) in [5.41, 5.74) is 2.67. The van der Waals surface area contributed by atoms with Gasteiger partial charge in [0.05, 0.1) is 7.11 Å². The molecule has 0 aromatic heterocycles. The monoisotopic (exact) mass is 306 g/mol. The van der Waals surface area contributed by atoms with Crippen LogP contribution in [0.15, 0.2) is 54.1 Å². The Bertz CT molecular complexity index is 738. The van der Waals surface area contributed by atoms with Crippen LogP contribution in [0.3, 0.4) is 0 Å². The quantitative estimate of drug-likeness (QED) is 0.675. The van der Waals surface area contributed by atoms with Crippen LogP contribution in [0.4, 0.5) is 5.69 Å². The Morgan fingerprint density at radius 3 is 2.35 bits per heavy atom. The smallest absolute Gasteiger partial charge is 0.266 e. The van der Waals surface area contributed by atoms with Crippen molar-refractivity contribution in [3.8, 4) is 11.8 Å². The number of nitrogens with zero attached hydrogens (tertiary/aromatic N) is 1. The number of ether oxygens (including phenoxy) is 1. The van der Waals surface area contributed by atoms with Crippen molar-refractivity contribution >= 4 is 17.7 Å². The lowest BCUT2D eigenvalue weighted by molar-refractivity contribution is -0.112. The molecule has 0 aliphatic rings. The van der Waals surface area contributed by atoms with Gasteiger partial charge < -0.3 is 10.1 Å². The van der Waals surface area contributed by atoms with E-state index >= 15 is 0 Å². The summed E-state index contributed by atoms with van der Waals surface area (Å²) >= 11 is 0. The lowest BCUT2D eigenvalue weighted by Gasteiger charge is -2.05. The van der Waals surface area contributed by atoms with Gasteiger partial charge in [-0.1, -0.05) is 31.2 Å². The van der Waals surface area contributed by atoms with Crippen LogP contribution in [-0.2, 0) is 11.2 Å². The summed E-state index contributed by atoms with van der Waals surface area (Å²) < 4.78 is 5.08. The maximum atomic E-state index is 12.2. The number of hydrogen-bond donors (Lipinski definition) is 1. The van der Waals surface area contributed by atoms with Crippen LogP contribution in [0.25, 0.3) is 6.08 Å². The highest BCUT2D eigenvalue weighted by Gasteiger charge is 2.09. The Labute approximate surface area is 136 Å². The summed E-state index contributed by atoms with van der Waals surface area (Å²) in [6.07, 6.45) is 2.49. The average Bonchev–Trinajstić information content (AvgIpc) is 2.60. The molecule has 2 aromatic rings. The molecule has 0 aliphatic carbocycles. The summed E-state index contributed by atoms with van der Waals surface area (Å²) in [7, 11) is 1.59. The van der Waals surface area contributed by atoms with Crippen molar-refractivity contribution in [1.82, 2.24) is 0 Å². The Balaban J connectivity index is 2.13. The van der Waals surface area contributed by atoms with E-state index in [1.54, 1.807) is 37.5 Å². The molecule has 0 atom stereocenters. The largest absolute Gasteiger partial charge is 0.497 e. The first-order chi connectivity index (χ1) is 11.2. The molecule has 0 saturated carbocycles. The number of nitrogens with one attached hydrogen (secondary N) is 1. The molecule has 0 unspecified atom stereocenters. The van der Waals surface area contributed by atoms with Gasteiger partial charge in [-0.25, -0.2) is 0 Å². The molecule has 0 heterocycles. The van der Waals surface area contributed by atoms with Gasteiger partial charge in [-0.3, -0.25) is 4.79 Å². The standard InChI is InChI=1S/C19H18N2O2/c1-3-14-4-8-17(9-5-14)21-19(22)16(13-20)12-15-6-10-18(23-2)11-7-15/h4-12H,3H2,1-2H3,(H,21,22)/b16-12-. The molecule has 0 bridgehead atoms. The highest BCUT2D eigenvalue weighted by molar-refractivity contribution is 6.09. The number of methoxy groups -OCH3 is 1. The Hall–Kier alpha value is -3.06. The van der Waals surface area contributed by atoms with Gasteiger partial charge >= 0.3 is 0 Å². The van der Waals surface area contributed by atoms with E-state index in [0.29, 0.717) is 5.69 Å². The average molecular weight is 306 g/mol. The summed E-state index contributed by atoms with van der Waals surface area (Å²) in [6, 6.07) is 16.7. The van der Waals surface area contributed by atoms with E-state index in [9.17, 15) is 10.1 Å². The third-order valence-corrected chi connectivity index (χ3v) is 3.41. The third-order valence-electron chi connectivity index (χ3n) is 3.41. The number of aryl methyl sites for hydroxylation is 1. The summed E-state index contributed by atoms with van der Waals surface area (Å²) in [6.45, 7) is 2.07. The van der Waals surface area contributed by atoms with Crippen LogP contribution in [0.5, 0.6) is 5.75 Å². The van der Waals surface area contributed by atoms with Crippen molar-refractivity contribution in [3.63, 3.8) is 0 Å². The number of benzene rings is 2. The normalized spacial score (nSPS) is 10.7. The van der Waals surface area contributed by atoms with E-state index < -0.39 is 5.91 Å². The van der Waals surface area contributed by atoms with Crippen molar-refractivity contribution in [2.75, 3.05) is 12.4 Å². The minimum Gasteiger partial charge on any atom is -0.497 e. The zero-order chi connectivity index (χ0) is 16.7. The molecule has 2 rings (SSSR count). The van der Waals surface area contributed by atoms with Crippen LogP contribution in [0.2, 0.25) is 0 Å². The Kier molecular flexibility index (Phi) is 5.54. The molecular weight excluding hydrogens is 288 g/mol. The van der Waals surface area contributed by atoms with E-state index in [0.717, 1.165) is 17.7 Å². The molecule has 2 aromatic carbocycles. The molecule has 23 heavy (non-hydrogen) atoms. The molecule has 4 nitrogen and oxygen atoms in total. The summed E-state index contributed by atoms with van der Waals surface area (Å²) in [5, 5.41) is 11.9. The molecule has 116 valence electrons. The minimum absolute atomic E-state index is 0.0507. The highest BCUT2D eigenvalue weighted by atomic mass is 16.5. The van der Waals surface area contributed by atoms with Gasteiger partial charge in [0.15, 0.2) is 0 Å².